The van der Waals surface area contributed by atoms with Crippen LogP contribution in [0, 0.1) is 5.92 Å². The topological polar surface area (TPSA) is 109 Å². The summed E-state index contributed by atoms with van der Waals surface area (Å²) in [6.07, 6.45) is 1.10. The number of hydrogen-bond donors (Lipinski definition) is 2. The van der Waals surface area contributed by atoms with Crippen molar-refractivity contribution >= 4 is 30.0 Å². The fourth-order valence-electron chi connectivity index (χ4n) is 2.25. The number of fused-ring (bicyclic) bond motifs is 1. The minimum absolute atomic E-state index is 0.138. The van der Waals surface area contributed by atoms with Crippen LogP contribution in [0.3, 0.4) is 0 Å². The lowest BCUT2D eigenvalue weighted by Crippen LogP contribution is -2.51. The number of carbonyl (C=O) groups is 3. The highest BCUT2D eigenvalue weighted by Crippen LogP contribution is 2.30. The van der Waals surface area contributed by atoms with Gasteiger partial charge in [-0.25, -0.2) is 9.98 Å². The molecule has 2 atom stereocenters. The van der Waals surface area contributed by atoms with Crippen molar-refractivity contribution in [1.29, 1.82) is 0 Å². The molecule has 0 fully saturated rings. The van der Waals surface area contributed by atoms with Gasteiger partial charge in [0.1, 0.15) is 18.1 Å². The maximum atomic E-state index is 12.4. The molecule has 0 aliphatic carbocycles. The van der Waals surface area contributed by atoms with Crippen LogP contribution in [0.5, 0.6) is 0 Å². The van der Waals surface area contributed by atoms with Crippen molar-refractivity contribution in [1.82, 2.24) is 10.6 Å². The molecule has 2 heterocycles. The number of nitrogens with one attached hydrogen (secondary N) is 2. The van der Waals surface area contributed by atoms with Gasteiger partial charge in [-0.05, 0) is 34.6 Å². The van der Waals surface area contributed by atoms with E-state index in [9.17, 15) is 14.4 Å². The molecule has 23 heavy (non-hydrogen) atoms. The van der Waals surface area contributed by atoms with Gasteiger partial charge < -0.3 is 15.4 Å². The van der Waals surface area contributed by atoms with E-state index in [1.165, 1.54) is 0 Å². The molecular formula is C15H20N4O4. The molecule has 2 aliphatic heterocycles. The third-order valence-electron chi connectivity index (χ3n) is 3.27. The zero-order chi connectivity index (χ0) is 17.4. The van der Waals surface area contributed by atoms with E-state index in [1.54, 1.807) is 13.8 Å². The van der Waals surface area contributed by atoms with Gasteiger partial charge in [0.05, 0.1) is 5.57 Å². The van der Waals surface area contributed by atoms with Gasteiger partial charge in [-0.3, -0.25) is 14.4 Å². The fourth-order valence-corrected chi connectivity index (χ4v) is 2.25. The lowest BCUT2D eigenvalue weighted by atomic mass is 9.97. The van der Waals surface area contributed by atoms with Crippen molar-refractivity contribution in [3.63, 3.8) is 0 Å². The maximum Gasteiger partial charge on any atom is 0.264 e. The zero-order valence-corrected chi connectivity index (χ0v) is 13.8. The van der Waals surface area contributed by atoms with Crippen molar-refractivity contribution in [2.45, 2.75) is 46.2 Å². The predicted octanol–water partition coefficient (Wildman–Crippen LogP) is 0.293. The number of rotatable bonds is 3. The van der Waals surface area contributed by atoms with Crippen molar-refractivity contribution in [2.75, 3.05) is 0 Å². The third-order valence-corrected chi connectivity index (χ3v) is 3.27. The number of aliphatic imine (C=N–C) groups is 2. The van der Waals surface area contributed by atoms with Gasteiger partial charge >= 0.3 is 0 Å². The van der Waals surface area contributed by atoms with Crippen molar-refractivity contribution in [3.8, 4) is 0 Å². The van der Waals surface area contributed by atoms with Crippen molar-refractivity contribution < 1.29 is 19.1 Å². The standard InChI is InChI=1S/C15H20N4O4/c1-7(11(20)19-15(3,4)5)18-13(22)9-8(2)23-14-10(9)12(21)16-6-17-14/h6-7,10H,1-5H3,(H,18,22)(H,19,20). The summed E-state index contributed by atoms with van der Waals surface area (Å²) in [4.78, 5) is 43.8. The summed E-state index contributed by atoms with van der Waals surface area (Å²) < 4.78 is 5.35. The molecule has 8 heteroatoms. The molecular weight excluding hydrogens is 300 g/mol. The summed E-state index contributed by atoms with van der Waals surface area (Å²) in [7, 11) is 0. The average molecular weight is 320 g/mol. The van der Waals surface area contributed by atoms with E-state index in [1.807, 2.05) is 20.8 Å². The summed E-state index contributed by atoms with van der Waals surface area (Å²) in [5.74, 6) is -1.88. The molecule has 0 aromatic rings. The van der Waals surface area contributed by atoms with Crippen LogP contribution in [0.2, 0.25) is 0 Å². The van der Waals surface area contributed by atoms with Crippen LogP contribution in [0.4, 0.5) is 0 Å². The highest BCUT2D eigenvalue weighted by atomic mass is 16.5. The second-order valence-corrected chi connectivity index (χ2v) is 6.49. The minimum Gasteiger partial charge on any atom is -0.446 e. The van der Waals surface area contributed by atoms with Crippen LogP contribution in [0.1, 0.15) is 34.6 Å². The Balaban J connectivity index is 2.10. The first-order valence-corrected chi connectivity index (χ1v) is 7.25. The van der Waals surface area contributed by atoms with Crippen LogP contribution in [-0.4, -0.2) is 41.5 Å². The molecule has 0 saturated heterocycles. The van der Waals surface area contributed by atoms with Crippen LogP contribution in [-0.2, 0) is 19.1 Å². The number of ether oxygens (including phenoxy) is 1. The molecule has 2 unspecified atom stereocenters. The van der Waals surface area contributed by atoms with E-state index in [2.05, 4.69) is 20.6 Å². The van der Waals surface area contributed by atoms with Crippen LogP contribution >= 0.6 is 0 Å². The predicted molar refractivity (Wildman–Crippen MR) is 83.7 cm³/mol. The number of allylic oxidation sites excluding steroid dienone is 1. The molecule has 2 N–H and O–H groups in total. The fraction of sp³-hybridized carbons (Fsp3) is 0.533. The maximum absolute atomic E-state index is 12.4. The Hall–Kier alpha value is -2.51. The quantitative estimate of drug-likeness (QED) is 0.779. The second kappa shape index (κ2) is 5.94. The third kappa shape index (κ3) is 3.64. The van der Waals surface area contributed by atoms with E-state index >= 15 is 0 Å². The monoisotopic (exact) mass is 320 g/mol. The smallest absolute Gasteiger partial charge is 0.264 e. The summed E-state index contributed by atoms with van der Waals surface area (Å²) in [6, 6.07) is -0.759. The van der Waals surface area contributed by atoms with E-state index in [4.69, 9.17) is 4.74 Å². The Morgan fingerprint density at radius 3 is 2.61 bits per heavy atom. The molecule has 124 valence electrons. The molecule has 0 aromatic heterocycles. The molecule has 2 rings (SSSR count). The first-order valence-electron chi connectivity index (χ1n) is 7.25. The zero-order valence-electron chi connectivity index (χ0n) is 13.8. The van der Waals surface area contributed by atoms with Gasteiger partial charge in [0, 0.05) is 5.54 Å². The summed E-state index contributed by atoms with van der Waals surface area (Å²) >= 11 is 0. The van der Waals surface area contributed by atoms with Gasteiger partial charge in [0.2, 0.25) is 11.8 Å². The Kier molecular flexibility index (Phi) is 4.35. The summed E-state index contributed by atoms with van der Waals surface area (Å²) in [5, 5.41) is 5.36. The van der Waals surface area contributed by atoms with E-state index in [-0.39, 0.29) is 23.1 Å². The molecule has 0 bridgehead atoms. The largest absolute Gasteiger partial charge is 0.446 e. The molecule has 8 nitrogen and oxygen atoms in total. The summed E-state index contributed by atoms with van der Waals surface area (Å²) in [6.45, 7) is 8.68. The first-order chi connectivity index (χ1) is 10.6. The SMILES string of the molecule is CC1=C(C(=O)NC(C)C(=O)NC(C)(C)C)C2C(=O)N=CN=C2O1. The van der Waals surface area contributed by atoms with Gasteiger partial charge in [0.25, 0.3) is 11.8 Å². The van der Waals surface area contributed by atoms with E-state index < -0.39 is 29.3 Å². The number of carbonyl (C=O) groups excluding carboxylic acids is 3. The Morgan fingerprint density at radius 2 is 2.00 bits per heavy atom. The highest BCUT2D eigenvalue weighted by molar-refractivity contribution is 6.18. The first kappa shape index (κ1) is 16.9. The molecule has 0 saturated carbocycles. The van der Waals surface area contributed by atoms with Gasteiger partial charge in [0.15, 0.2) is 5.92 Å². The van der Waals surface area contributed by atoms with Gasteiger partial charge in [-0.2, -0.15) is 0 Å². The molecule has 2 aliphatic rings. The molecule has 0 radical (unpaired) electrons. The van der Waals surface area contributed by atoms with Crippen LogP contribution < -0.4 is 10.6 Å². The lowest BCUT2D eigenvalue weighted by Gasteiger charge is -2.24. The van der Waals surface area contributed by atoms with Crippen LogP contribution in [0.15, 0.2) is 21.3 Å². The lowest BCUT2D eigenvalue weighted by molar-refractivity contribution is -0.128. The molecule has 0 spiro atoms. The molecule has 0 aromatic carbocycles. The number of hydrogen-bond acceptors (Lipinski definition) is 5. The van der Waals surface area contributed by atoms with E-state index in [0.29, 0.717) is 0 Å². The normalized spacial score (nSPS) is 21.3. The highest BCUT2D eigenvalue weighted by Gasteiger charge is 2.43. The Bertz CT molecular complexity index is 655. The number of amides is 3. The van der Waals surface area contributed by atoms with Gasteiger partial charge in [-0.15, -0.1) is 0 Å². The Morgan fingerprint density at radius 1 is 1.35 bits per heavy atom. The Labute approximate surface area is 134 Å². The molecule has 3 amide bonds. The van der Waals surface area contributed by atoms with Crippen molar-refractivity contribution in [3.05, 3.63) is 11.3 Å². The second-order valence-electron chi connectivity index (χ2n) is 6.49. The van der Waals surface area contributed by atoms with Crippen LogP contribution in [0.25, 0.3) is 0 Å². The van der Waals surface area contributed by atoms with Crippen molar-refractivity contribution in [2.24, 2.45) is 15.9 Å². The average Bonchev–Trinajstić information content (AvgIpc) is 2.74. The minimum atomic E-state index is -0.933. The van der Waals surface area contributed by atoms with E-state index in [0.717, 1.165) is 6.34 Å². The summed E-state index contributed by atoms with van der Waals surface area (Å²) in [5.41, 5.74) is -0.267. The van der Waals surface area contributed by atoms with Gasteiger partial charge in [-0.1, -0.05) is 0 Å². The number of nitrogens with zero attached hydrogens (tertiary/aromatic N) is 2.